The number of carboxylic acid groups (broad SMARTS) is 1. The van der Waals surface area contributed by atoms with Crippen molar-refractivity contribution in [3.63, 3.8) is 0 Å². The zero-order valence-corrected chi connectivity index (χ0v) is 7.46. The number of hydrogen-bond donors (Lipinski definition) is 1. The molecule has 0 atom stereocenters. The lowest BCUT2D eigenvalue weighted by atomic mass is 9.90. The highest BCUT2D eigenvalue weighted by molar-refractivity contribution is 6.16. The number of fused-ring (bicyclic) bond motifs is 1. The Hall–Kier alpha value is -1.64. The number of halogens is 1. The van der Waals surface area contributed by atoms with Gasteiger partial charge in [0.2, 0.25) is 0 Å². The van der Waals surface area contributed by atoms with Crippen LogP contribution in [-0.4, -0.2) is 11.1 Å². The van der Waals surface area contributed by atoms with Crippen LogP contribution in [0.1, 0.15) is 17.5 Å². The monoisotopic (exact) mass is 192 g/mol. The Bertz CT molecular complexity index is 421. The van der Waals surface area contributed by atoms with Crippen LogP contribution in [-0.2, 0) is 11.2 Å². The van der Waals surface area contributed by atoms with E-state index in [4.69, 9.17) is 5.11 Å². The number of aliphatic carboxylic acids is 1. The quantitative estimate of drug-likeness (QED) is 0.740. The van der Waals surface area contributed by atoms with Gasteiger partial charge in [-0.05, 0) is 30.0 Å². The summed E-state index contributed by atoms with van der Waals surface area (Å²) in [5, 5.41) is 8.89. The van der Waals surface area contributed by atoms with Crippen molar-refractivity contribution < 1.29 is 14.3 Å². The fourth-order valence-electron chi connectivity index (χ4n) is 1.74. The van der Waals surface area contributed by atoms with Crippen LogP contribution >= 0.6 is 0 Å². The largest absolute Gasteiger partial charge is 0.478 e. The van der Waals surface area contributed by atoms with Crippen LogP contribution in [0, 0.1) is 5.82 Å². The summed E-state index contributed by atoms with van der Waals surface area (Å²) < 4.78 is 13.3. The molecule has 14 heavy (non-hydrogen) atoms. The van der Waals surface area contributed by atoms with Gasteiger partial charge >= 0.3 is 5.97 Å². The molecule has 0 aliphatic heterocycles. The van der Waals surface area contributed by atoms with E-state index < -0.39 is 5.97 Å². The van der Waals surface area contributed by atoms with Crippen LogP contribution < -0.4 is 0 Å². The lowest BCUT2D eigenvalue weighted by molar-refractivity contribution is -0.130. The molecule has 1 aliphatic rings. The standard InChI is InChI=1S/C11H9FO2/c12-10-6-2-3-7-8(10)4-1-5-9(7)11(13)14/h2-3,5-6H,1,4H2,(H,13,14). The molecule has 2 nitrogen and oxygen atoms in total. The second kappa shape index (κ2) is 3.25. The molecule has 0 amide bonds. The van der Waals surface area contributed by atoms with Crippen molar-refractivity contribution in [3.05, 3.63) is 41.2 Å². The van der Waals surface area contributed by atoms with Crippen molar-refractivity contribution in [1.82, 2.24) is 0 Å². The molecule has 1 aliphatic carbocycles. The van der Waals surface area contributed by atoms with Crippen LogP contribution in [0.4, 0.5) is 4.39 Å². The van der Waals surface area contributed by atoms with Crippen molar-refractivity contribution in [2.45, 2.75) is 12.8 Å². The Balaban J connectivity index is 2.59. The molecule has 0 heterocycles. The van der Waals surface area contributed by atoms with E-state index in [-0.39, 0.29) is 11.4 Å². The molecular weight excluding hydrogens is 183 g/mol. The normalized spacial score (nSPS) is 14.5. The van der Waals surface area contributed by atoms with Gasteiger partial charge in [-0.25, -0.2) is 9.18 Å². The van der Waals surface area contributed by atoms with E-state index in [1.165, 1.54) is 12.1 Å². The first-order valence-electron chi connectivity index (χ1n) is 4.41. The minimum Gasteiger partial charge on any atom is -0.478 e. The summed E-state index contributed by atoms with van der Waals surface area (Å²) >= 11 is 0. The molecule has 72 valence electrons. The Morgan fingerprint density at radius 2 is 2.21 bits per heavy atom. The molecule has 0 unspecified atom stereocenters. The zero-order valence-electron chi connectivity index (χ0n) is 7.46. The molecule has 1 aromatic carbocycles. The summed E-state index contributed by atoms with van der Waals surface area (Å²) in [6.07, 6.45) is 2.82. The van der Waals surface area contributed by atoms with E-state index in [1.807, 2.05) is 0 Å². The van der Waals surface area contributed by atoms with Gasteiger partial charge in [0.25, 0.3) is 0 Å². The second-order valence-corrected chi connectivity index (χ2v) is 3.23. The van der Waals surface area contributed by atoms with Crippen LogP contribution in [0.15, 0.2) is 24.3 Å². The molecular formula is C11H9FO2. The highest BCUT2D eigenvalue weighted by atomic mass is 19.1. The molecule has 0 bridgehead atoms. The molecule has 0 saturated carbocycles. The summed E-state index contributed by atoms with van der Waals surface area (Å²) in [5.41, 5.74) is 1.25. The van der Waals surface area contributed by atoms with Gasteiger partial charge in [0.05, 0.1) is 5.57 Å². The SMILES string of the molecule is O=C(O)C1=CCCc2c(F)cccc21. The Labute approximate surface area is 80.7 Å². The first-order valence-corrected chi connectivity index (χ1v) is 4.41. The van der Waals surface area contributed by atoms with Crippen molar-refractivity contribution in [2.24, 2.45) is 0 Å². The number of benzene rings is 1. The first-order chi connectivity index (χ1) is 6.70. The van der Waals surface area contributed by atoms with Gasteiger partial charge in [-0.2, -0.15) is 0 Å². The van der Waals surface area contributed by atoms with Crippen molar-refractivity contribution in [3.8, 4) is 0 Å². The van der Waals surface area contributed by atoms with Crippen molar-refractivity contribution >= 4 is 11.5 Å². The maximum Gasteiger partial charge on any atom is 0.335 e. The number of carbonyl (C=O) groups is 1. The second-order valence-electron chi connectivity index (χ2n) is 3.23. The van der Waals surface area contributed by atoms with Gasteiger partial charge in [0.1, 0.15) is 5.82 Å². The van der Waals surface area contributed by atoms with E-state index in [9.17, 15) is 9.18 Å². The minimum absolute atomic E-state index is 0.214. The summed E-state index contributed by atoms with van der Waals surface area (Å²) in [6.45, 7) is 0. The topological polar surface area (TPSA) is 37.3 Å². The van der Waals surface area contributed by atoms with Crippen molar-refractivity contribution in [1.29, 1.82) is 0 Å². The number of rotatable bonds is 1. The van der Waals surface area contributed by atoms with Gasteiger partial charge in [-0.3, -0.25) is 0 Å². The van der Waals surface area contributed by atoms with Crippen LogP contribution in [0.25, 0.3) is 5.57 Å². The first kappa shape index (κ1) is 8.94. The van der Waals surface area contributed by atoms with E-state index in [2.05, 4.69) is 0 Å². The third-order valence-electron chi connectivity index (χ3n) is 2.38. The molecule has 3 heteroatoms. The minimum atomic E-state index is -0.989. The van der Waals surface area contributed by atoms with Crippen LogP contribution in [0.5, 0.6) is 0 Å². The average molecular weight is 192 g/mol. The molecule has 1 N–H and O–H groups in total. The van der Waals surface area contributed by atoms with Gasteiger partial charge in [0, 0.05) is 0 Å². The molecule has 0 aromatic heterocycles. The fourth-order valence-corrected chi connectivity index (χ4v) is 1.74. The molecule has 0 spiro atoms. The summed E-state index contributed by atoms with van der Waals surface area (Å²) in [4.78, 5) is 10.8. The van der Waals surface area contributed by atoms with E-state index in [0.29, 0.717) is 24.0 Å². The highest BCUT2D eigenvalue weighted by Crippen LogP contribution is 2.28. The Kier molecular flexibility index (Phi) is 2.08. The summed E-state index contributed by atoms with van der Waals surface area (Å²) in [7, 11) is 0. The number of hydrogen-bond acceptors (Lipinski definition) is 1. The number of carboxylic acids is 1. The Morgan fingerprint density at radius 1 is 1.43 bits per heavy atom. The predicted octanol–water partition coefficient (Wildman–Crippen LogP) is 2.24. The molecule has 0 fully saturated rings. The summed E-state index contributed by atoms with van der Waals surface area (Å²) in [5.74, 6) is -1.30. The molecule has 0 radical (unpaired) electrons. The van der Waals surface area contributed by atoms with Gasteiger partial charge < -0.3 is 5.11 Å². The van der Waals surface area contributed by atoms with E-state index in [0.717, 1.165) is 0 Å². The lowest BCUT2D eigenvalue weighted by Gasteiger charge is -2.15. The third-order valence-corrected chi connectivity index (χ3v) is 2.38. The average Bonchev–Trinajstić information content (AvgIpc) is 2.17. The lowest BCUT2D eigenvalue weighted by Crippen LogP contribution is -2.08. The zero-order chi connectivity index (χ0) is 10.1. The van der Waals surface area contributed by atoms with E-state index in [1.54, 1.807) is 12.1 Å². The van der Waals surface area contributed by atoms with Gasteiger partial charge in [0.15, 0.2) is 0 Å². The van der Waals surface area contributed by atoms with Crippen molar-refractivity contribution in [2.75, 3.05) is 0 Å². The van der Waals surface area contributed by atoms with Gasteiger partial charge in [-0.15, -0.1) is 0 Å². The maximum absolute atomic E-state index is 13.3. The maximum atomic E-state index is 13.3. The Morgan fingerprint density at radius 3 is 2.93 bits per heavy atom. The summed E-state index contributed by atoms with van der Waals surface area (Å²) in [6, 6.07) is 4.55. The third kappa shape index (κ3) is 1.31. The van der Waals surface area contributed by atoms with Crippen LogP contribution in [0.2, 0.25) is 0 Å². The molecule has 2 rings (SSSR count). The smallest absolute Gasteiger partial charge is 0.335 e. The van der Waals surface area contributed by atoms with Gasteiger partial charge in [-0.1, -0.05) is 18.2 Å². The predicted molar refractivity (Wildman–Crippen MR) is 50.3 cm³/mol. The highest BCUT2D eigenvalue weighted by Gasteiger charge is 2.19. The fraction of sp³-hybridized carbons (Fsp3) is 0.182. The van der Waals surface area contributed by atoms with Crippen LogP contribution in [0.3, 0.4) is 0 Å². The number of allylic oxidation sites excluding steroid dienone is 1. The van der Waals surface area contributed by atoms with E-state index >= 15 is 0 Å². The molecule has 0 saturated heterocycles. The molecule has 1 aromatic rings.